The average molecular weight is 432 g/mol. The van der Waals surface area contributed by atoms with E-state index in [1.165, 1.54) is 5.56 Å². The highest BCUT2D eigenvalue weighted by atomic mass is 35.5. The maximum absolute atomic E-state index is 12.2. The molecule has 1 aromatic heterocycles. The molecule has 31 heavy (non-hydrogen) atoms. The zero-order valence-electron chi connectivity index (χ0n) is 17.6. The molecule has 1 N–H and O–H groups in total. The van der Waals surface area contributed by atoms with E-state index in [2.05, 4.69) is 5.32 Å². The number of carboxylic acids is 1. The highest BCUT2D eigenvalue weighted by molar-refractivity contribution is 6.31. The number of aromatic carboxylic acids is 1. The van der Waals surface area contributed by atoms with Crippen molar-refractivity contribution in [3.8, 4) is 0 Å². The fourth-order valence-corrected chi connectivity index (χ4v) is 4.15. The SMILES string of the molecule is Cc1ccc(Cn2c(C(=O)[O-])c(CNCc3ccccc3Cl)c3ccc(C)cc32)cc1. The molecule has 0 bridgehead atoms. The fraction of sp³-hybridized carbons (Fsp3) is 0.192. The number of carbonyl (C=O) groups excluding carboxylic acids is 1. The van der Waals surface area contributed by atoms with Crippen molar-refractivity contribution in [2.24, 2.45) is 0 Å². The summed E-state index contributed by atoms with van der Waals surface area (Å²) < 4.78 is 1.86. The molecular formula is C26H24ClN2O2-. The smallest absolute Gasteiger partial charge is 0.0884 e. The molecule has 5 heteroatoms. The van der Waals surface area contributed by atoms with E-state index >= 15 is 0 Å². The summed E-state index contributed by atoms with van der Waals surface area (Å²) in [5, 5.41) is 17.2. The Balaban J connectivity index is 1.73. The molecule has 0 aliphatic heterocycles. The van der Waals surface area contributed by atoms with E-state index in [1.807, 2.05) is 85.1 Å². The number of hydrogen-bond acceptors (Lipinski definition) is 3. The summed E-state index contributed by atoms with van der Waals surface area (Å²) in [7, 11) is 0. The van der Waals surface area contributed by atoms with Gasteiger partial charge in [0.1, 0.15) is 0 Å². The number of hydrogen-bond donors (Lipinski definition) is 1. The van der Waals surface area contributed by atoms with Crippen LogP contribution in [0.1, 0.15) is 38.3 Å². The number of rotatable bonds is 7. The second kappa shape index (κ2) is 8.96. The summed E-state index contributed by atoms with van der Waals surface area (Å²) in [6, 6.07) is 21.8. The van der Waals surface area contributed by atoms with Crippen molar-refractivity contribution >= 4 is 28.5 Å². The fourth-order valence-electron chi connectivity index (χ4n) is 3.95. The van der Waals surface area contributed by atoms with Gasteiger partial charge >= 0.3 is 0 Å². The predicted octanol–water partition coefficient (Wildman–Crippen LogP) is 4.61. The molecule has 158 valence electrons. The first kappa shape index (κ1) is 21.2. The topological polar surface area (TPSA) is 57.1 Å². The maximum atomic E-state index is 12.2. The lowest BCUT2D eigenvalue weighted by molar-refractivity contribution is -0.255. The summed E-state index contributed by atoms with van der Waals surface area (Å²) in [4.78, 5) is 12.2. The zero-order valence-corrected chi connectivity index (χ0v) is 18.4. The normalized spacial score (nSPS) is 11.2. The van der Waals surface area contributed by atoms with Crippen molar-refractivity contribution in [3.63, 3.8) is 0 Å². The first-order valence-electron chi connectivity index (χ1n) is 10.3. The number of nitrogens with one attached hydrogen (secondary N) is 1. The molecule has 0 spiro atoms. The summed E-state index contributed by atoms with van der Waals surface area (Å²) in [6.07, 6.45) is 0. The molecule has 0 atom stereocenters. The van der Waals surface area contributed by atoms with Gasteiger partial charge in [0.05, 0.1) is 11.7 Å². The zero-order chi connectivity index (χ0) is 22.0. The molecule has 3 aromatic carbocycles. The van der Waals surface area contributed by atoms with E-state index in [-0.39, 0.29) is 5.69 Å². The van der Waals surface area contributed by atoms with Crippen LogP contribution in [-0.2, 0) is 19.6 Å². The lowest BCUT2D eigenvalue weighted by Crippen LogP contribution is -2.28. The third-order valence-electron chi connectivity index (χ3n) is 5.55. The highest BCUT2D eigenvalue weighted by Gasteiger charge is 2.18. The van der Waals surface area contributed by atoms with E-state index in [9.17, 15) is 9.90 Å². The Morgan fingerprint density at radius 1 is 0.968 bits per heavy atom. The number of aromatic nitrogens is 1. The van der Waals surface area contributed by atoms with Crippen molar-refractivity contribution in [3.05, 3.63) is 105 Å². The van der Waals surface area contributed by atoms with Gasteiger partial charge in [-0.2, -0.15) is 0 Å². The van der Waals surface area contributed by atoms with Gasteiger partial charge in [0.25, 0.3) is 0 Å². The van der Waals surface area contributed by atoms with Crippen LogP contribution in [0.2, 0.25) is 5.02 Å². The van der Waals surface area contributed by atoms with Gasteiger partial charge in [-0.3, -0.25) is 0 Å². The minimum atomic E-state index is -1.17. The van der Waals surface area contributed by atoms with Gasteiger partial charge in [0.15, 0.2) is 0 Å². The van der Waals surface area contributed by atoms with Gasteiger partial charge in [0.2, 0.25) is 0 Å². The number of benzene rings is 3. The Kier molecular flexibility index (Phi) is 6.12. The number of fused-ring (bicyclic) bond motifs is 1. The van der Waals surface area contributed by atoms with Crippen LogP contribution < -0.4 is 10.4 Å². The molecule has 0 saturated heterocycles. The van der Waals surface area contributed by atoms with Gasteiger partial charge in [0, 0.05) is 41.1 Å². The van der Waals surface area contributed by atoms with Crippen molar-refractivity contribution in [2.75, 3.05) is 0 Å². The number of halogens is 1. The van der Waals surface area contributed by atoms with Gasteiger partial charge in [-0.15, -0.1) is 0 Å². The van der Waals surface area contributed by atoms with Crippen molar-refractivity contribution in [2.45, 2.75) is 33.5 Å². The van der Waals surface area contributed by atoms with Crippen LogP contribution in [0.25, 0.3) is 10.9 Å². The monoisotopic (exact) mass is 431 g/mol. The molecule has 0 aliphatic carbocycles. The van der Waals surface area contributed by atoms with Crippen molar-refractivity contribution < 1.29 is 9.90 Å². The summed E-state index contributed by atoms with van der Waals surface area (Å²) in [5.41, 5.74) is 6.11. The van der Waals surface area contributed by atoms with E-state index in [1.54, 1.807) is 0 Å². The van der Waals surface area contributed by atoms with E-state index < -0.39 is 5.97 Å². The third kappa shape index (κ3) is 4.50. The molecule has 0 unspecified atom stereocenters. The van der Waals surface area contributed by atoms with Crippen LogP contribution in [0.15, 0.2) is 66.7 Å². The Hall–Kier alpha value is -3.08. The standard InChI is InChI=1S/C26H25ClN2O2/c1-17-7-10-19(11-8-17)16-29-24-13-18(2)9-12-21(24)22(25(29)26(30)31)15-28-14-20-5-3-4-6-23(20)27/h3-13,28H,14-16H2,1-2H3,(H,30,31)/p-1. The number of aryl methyl sites for hydroxylation is 2. The summed E-state index contributed by atoms with van der Waals surface area (Å²) in [6.45, 7) is 5.45. The van der Waals surface area contributed by atoms with Gasteiger partial charge in [-0.1, -0.05) is 71.8 Å². The Morgan fingerprint density at radius 2 is 1.68 bits per heavy atom. The highest BCUT2D eigenvalue weighted by Crippen LogP contribution is 2.28. The average Bonchev–Trinajstić information content (AvgIpc) is 3.04. The molecule has 0 amide bonds. The van der Waals surface area contributed by atoms with Crippen molar-refractivity contribution in [1.29, 1.82) is 0 Å². The molecule has 4 aromatic rings. The Morgan fingerprint density at radius 3 is 2.39 bits per heavy atom. The van der Waals surface area contributed by atoms with Crippen molar-refractivity contribution in [1.82, 2.24) is 9.88 Å². The van der Waals surface area contributed by atoms with Crippen LogP contribution >= 0.6 is 11.6 Å². The molecule has 1 heterocycles. The van der Waals surface area contributed by atoms with E-state index in [4.69, 9.17) is 11.6 Å². The molecular weight excluding hydrogens is 408 g/mol. The van der Waals surface area contributed by atoms with Crippen LogP contribution in [0.5, 0.6) is 0 Å². The number of nitrogens with zero attached hydrogens (tertiary/aromatic N) is 1. The van der Waals surface area contributed by atoms with Crippen LogP contribution in [-0.4, -0.2) is 10.5 Å². The van der Waals surface area contributed by atoms with E-state index in [0.717, 1.165) is 33.2 Å². The molecule has 4 rings (SSSR count). The molecule has 0 aliphatic rings. The Labute approximate surface area is 187 Å². The molecule has 0 radical (unpaired) electrons. The minimum Gasteiger partial charge on any atom is -0.543 e. The lowest BCUT2D eigenvalue weighted by atomic mass is 10.1. The number of carboxylic acid groups (broad SMARTS) is 1. The first-order chi connectivity index (χ1) is 14.9. The largest absolute Gasteiger partial charge is 0.543 e. The van der Waals surface area contributed by atoms with Crippen LogP contribution in [0.3, 0.4) is 0 Å². The lowest BCUT2D eigenvalue weighted by Gasteiger charge is -2.14. The number of carbonyl (C=O) groups is 1. The third-order valence-corrected chi connectivity index (χ3v) is 5.92. The molecule has 4 nitrogen and oxygen atoms in total. The minimum absolute atomic E-state index is 0.216. The van der Waals surface area contributed by atoms with Gasteiger partial charge in [-0.05, 0) is 42.7 Å². The quantitative estimate of drug-likeness (QED) is 0.464. The molecule has 0 fully saturated rings. The first-order valence-corrected chi connectivity index (χ1v) is 10.6. The van der Waals surface area contributed by atoms with E-state index in [0.29, 0.717) is 24.7 Å². The van der Waals surface area contributed by atoms with Gasteiger partial charge < -0.3 is 19.8 Å². The van der Waals surface area contributed by atoms with Gasteiger partial charge in [-0.25, -0.2) is 0 Å². The van der Waals surface area contributed by atoms with Crippen LogP contribution in [0.4, 0.5) is 0 Å². The second-order valence-corrected chi connectivity index (χ2v) is 8.31. The predicted molar refractivity (Wildman–Crippen MR) is 123 cm³/mol. The second-order valence-electron chi connectivity index (χ2n) is 7.90. The Bertz CT molecular complexity index is 1240. The summed E-state index contributed by atoms with van der Waals surface area (Å²) in [5.74, 6) is -1.17. The molecule has 0 saturated carbocycles. The van der Waals surface area contributed by atoms with Crippen LogP contribution in [0, 0.1) is 13.8 Å². The summed E-state index contributed by atoms with van der Waals surface area (Å²) >= 11 is 6.26. The maximum Gasteiger partial charge on any atom is 0.0884 e.